The molecule has 0 bridgehead atoms. The van der Waals surface area contributed by atoms with Crippen molar-refractivity contribution in [3.8, 4) is 29.2 Å². The van der Waals surface area contributed by atoms with Gasteiger partial charge >= 0.3 is 0 Å². The molecule has 0 fully saturated rings. The van der Waals surface area contributed by atoms with Crippen LogP contribution in [0.3, 0.4) is 0 Å². The van der Waals surface area contributed by atoms with E-state index in [0.717, 1.165) is 44.5 Å². The van der Waals surface area contributed by atoms with Crippen LogP contribution in [-0.4, -0.2) is 4.57 Å². The molecule has 0 saturated carbocycles. The van der Waals surface area contributed by atoms with Crippen LogP contribution in [0.25, 0.3) is 56.3 Å². The summed E-state index contributed by atoms with van der Waals surface area (Å²) in [6.07, 6.45) is 12.1. The molecule has 10 aromatic rings. The highest BCUT2D eigenvalue weighted by Gasteiger charge is 2.38. The van der Waals surface area contributed by atoms with Gasteiger partial charge in [-0.05, 0) is 116 Å². The molecule has 298 valence electrons. The fourth-order valence-corrected chi connectivity index (χ4v) is 9.60. The summed E-state index contributed by atoms with van der Waals surface area (Å²) in [6.45, 7) is 2.22. The average molecular weight is 804 g/mol. The SMILES string of the molecule is C#C/C=C\c1c(-c2ccc(C(c3ccccc3)(c3ccccc3)c3ccccc3)cc2)ccc(-n2c3ccccc3c3cc(C=C(c4ccccc4)c4ccccc4)ccc32)c1C. The van der Waals surface area contributed by atoms with Crippen LogP contribution >= 0.6 is 0 Å². The fourth-order valence-electron chi connectivity index (χ4n) is 9.60. The lowest BCUT2D eigenvalue weighted by molar-refractivity contribution is 0.745. The van der Waals surface area contributed by atoms with Crippen molar-refractivity contribution < 1.29 is 0 Å². The summed E-state index contributed by atoms with van der Waals surface area (Å²) in [7, 11) is 0. The topological polar surface area (TPSA) is 4.93 Å². The van der Waals surface area contributed by atoms with Crippen molar-refractivity contribution >= 4 is 39.5 Å². The summed E-state index contributed by atoms with van der Waals surface area (Å²) in [6, 6.07) is 83.2. The third-order valence-electron chi connectivity index (χ3n) is 12.5. The van der Waals surface area contributed by atoms with Crippen LogP contribution in [-0.2, 0) is 5.41 Å². The zero-order valence-corrected chi connectivity index (χ0v) is 35.2. The number of hydrogen-bond donors (Lipinski definition) is 0. The minimum atomic E-state index is -0.523. The molecular formula is C62H45N. The molecule has 0 aliphatic rings. The first kappa shape index (κ1) is 39.0. The Morgan fingerprint density at radius 3 is 1.54 bits per heavy atom. The lowest BCUT2D eigenvalue weighted by Crippen LogP contribution is -2.30. The van der Waals surface area contributed by atoms with Crippen LogP contribution < -0.4 is 0 Å². The van der Waals surface area contributed by atoms with Gasteiger partial charge in [0.15, 0.2) is 0 Å². The van der Waals surface area contributed by atoms with Gasteiger partial charge in [0.05, 0.1) is 16.4 Å². The summed E-state index contributed by atoms with van der Waals surface area (Å²) in [5.74, 6) is 2.77. The minimum Gasteiger partial charge on any atom is -0.309 e. The number of fused-ring (bicyclic) bond motifs is 3. The van der Waals surface area contributed by atoms with E-state index in [-0.39, 0.29) is 0 Å². The first-order valence-electron chi connectivity index (χ1n) is 21.5. The van der Waals surface area contributed by atoms with E-state index in [1.165, 1.54) is 49.7 Å². The quantitative estimate of drug-likeness (QED) is 0.0737. The molecular weight excluding hydrogens is 759 g/mol. The molecule has 0 aliphatic heterocycles. The van der Waals surface area contributed by atoms with Gasteiger partial charge < -0.3 is 4.57 Å². The minimum absolute atomic E-state index is 0.523. The van der Waals surface area contributed by atoms with Crippen molar-refractivity contribution in [2.24, 2.45) is 0 Å². The second-order valence-electron chi connectivity index (χ2n) is 16.0. The van der Waals surface area contributed by atoms with Crippen LogP contribution in [0.4, 0.5) is 0 Å². The van der Waals surface area contributed by atoms with Gasteiger partial charge in [0.1, 0.15) is 0 Å². The Balaban J connectivity index is 1.11. The Labute approximate surface area is 370 Å². The zero-order chi connectivity index (χ0) is 42.6. The molecule has 0 N–H and O–H groups in total. The van der Waals surface area contributed by atoms with Crippen molar-refractivity contribution in [1.82, 2.24) is 4.57 Å². The van der Waals surface area contributed by atoms with E-state index in [0.29, 0.717) is 0 Å². The third-order valence-corrected chi connectivity index (χ3v) is 12.5. The molecule has 0 radical (unpaired) electrons. The molecule has 1 heteroatoms. The monoisotopic (exact) mass is 803 g/mol. The predicted octanol–water partition coefficient (Wildman–Crippen LogP) is 15.4. The highest BCUT2D eigenvalue weighted by atomic mass is 15.0. The third kappa shape index (κ3) is 7.09. The second-order valence-corrected chi connectivity index (χ2v) is 16.0. The van der Waals surface area contributed by atoms with Gasteiger partial charge in [-0.2, -0.15) is 0 Å². The number of benzene rings is 9. The highest BCUT2D eigenvalue weighted by Crippen LogP contribution is 2.46. The highest BCUT2D eigenvalue weighted by molar-refractivity contribution is 6.10. The summed E-state index contributed by atoms with van der Waals surface area (Å²) >= 11 is 0. The first-order chi connectivity index (χ1) is 31.1. The summed E-state index contributed by atoms with van der Waals surface area (Å²) < 4.78 is 2.41. The molecule has 0 spiro atoms. The summed E-state index contributed by atoms with van der Waals surface area (Å²) in [5.41, 5.74) is 17.0. The fraction of sp³-hybridized carbons (Fsp3) is 0.0323. The molecule has 0 aliphatic carbocycles. The molecule has 0 atom stereocenters. The summed E-state index contributed by atoms with van der Waals surface area (Å²) in [5, 5.41) is 2.42. The maximum Gasteiger partial charge on any atom is 0.0701 e. The van der Waals surface area contributed by atoms with Gasteiger partial charge in [-0.3, -0.25) is 0 Å². The van der Waals surface area contributed by atoms with Gasteiger partial charge in [0, 0.05) is 16.5 Å². The molecule has 1 heterocycles. The molecule has 10 rings (SSSR count). The average Bonchev–Trinajstić information content (AvgIpc) is 3.68. The Morgan fingerprint density at radius 1 is 0.492 bits per heavy atom. The standard InChI is InChI=1S/C62H45N/c1-3-4-32-54-45(2)59(63-60-34-21-20-33-56(60)58-44-46(35-41-61(58)63)43-57(47-22-10-5-11-23-47)48-24-12-6-13-25-48)42-40-55(54)49-36-38-53(39-37-49)62(50-26-14-7-15-27-50,51-28-16-8-17-29-51)52-30-18-9-19-31-52/h1,4-44H,2H3/b32-4-. The Hall–Kier alpha value is -8.18. The lowest BCUT2D eigenvalue weighted by atomic mass is 9.65. The van der Waals surface area contributed by atoms with Crippen molar-refractivity contribution in [3.63, 3.8) is 0 Å². The molecule has 0 saturated heterocycles. The van der Waals surface area contributed by atoms with E-state index in [1.807, 2.05) is 6.08 Å². The largest absolute Gasteiger partial charge is 0.309 e. The molecule has 9 aromatic carbocycles. The number of hydrogen-bond acceptors (Lipinski definition) is 0. The van der Waals surface area contributed by atoms with E-state index >= 15 is 0 Å². The number of aromatic nitrogens is 1. The van der Waals surface area contributed by atoms with E-state index < -0.39 is 5.41 Å². The number of nitrogens with zero attached hydrogens (tertiary/aromatic N) is 1. The van der Waals surface area contributed by atoms with Crippen LogP contribution in [0.1, 0.15) is 50.1 Å². The van der Waals surface area contributed by atoms with Crippen LogP contribution in [0.5, 0.6) is 0 Å². The van der Waals surface area contributed by atoms with Gasteiger partial charge in [0.25, 0.3) is 0 Å². The predicted molar refractivity (Wildman–Crippen MR) is 267 cm³/mol. The number of terminal acetylenes is 1. The Kier molecular flexibility index (Phi) is 10.6. The van der Waals surface area contributed by atoms with E-state index in [1.54, 1.807) is 0 Å². The van der Waals surface area contributed by atoms with Gasteiger partial charge in [-0.15, -0.1) is 6.42 Å². The maximum atomic E-state index is 5.91. The van der Waals surface area contributed by atoms with Crippen LogP contribution in [0, 0.1) is 19.3 Å². The summed E-state index contributed by atoms with van der Waals surface area (Å²) in [4.78, 5) is 0. The molecule has 1 aromatic heterocycles. The molecule has 1 nitrogen and oxygen atoms in total. The molecule has 0 amide bonds. The smallest absolute Gasteiger partial charge is 0.0701 e. The zero-order valence-electron chi connectivity index (χ0n) is 35.2. The van der Waals surface area contributed by atoms with E-state index in [2.05, 4.69) is 260 Å². The van der Waals surface area contributed by atoms with Gasteiger partial charge in [-0.25, -0.2) is 0 Å². The number of para-hydroxylation sites is 1. The Bertz CT molecular complexity index is 3160. The van der Waals surface area contributed by atoms with Crippen molar-refractivity contribution in [3.05, 3.63) is 287 Å². The van der Waals surface area contributed by atoms with Gasteiger partial charge in [-0.1, -0.05) is 212 Å². The van der Waals surface area contributed by atoms with Crippen LogP contribution in [0.15, 0.2) is 237 Å². The van der Waals surface area contributed by atoms with Crippen molar-refractivity contribution in [1.29, 1.82) is 0 Å². The van der Waals surface area contributed by atoms with E-state index in [9.17, 15) is 0 Å². The molecule has 0 unspecified atom stereocenters. The van der Waals surface area contributed by atoms with Crippen molar-refractivity contribution in [2.75, 3.05) is 0 Å². The van der Waals surface area contributed by atoms with Crippen LogP contribution in [0.2, 0.25) is 0 Å². The Morgan fingerprint density at radius 2 is 0.984 bits per heavy atom. The van der Waals surface area contributed by atoms with E-state index in [4.69, 9.17) is 6.42 Å². The number of rotatable bonds is 10. The first-order valence-corrected chi connectivity index (χ1v) is 21.5. The number of allylic oxidation sites excluding steroid dienone is 1. The second kappa shape index (κ2) is 17.1. The van der Waals surface area contributed by atoms with Gasteiger partial charge in [0.2, 0.25) is 0 Å². The lowest BCUT2D eigenvalue weighted by Gasteiger charge is -2.37. The maximum absolute atomic E-state index is 5.91. The van der Waals surface area contributed by atoms with Crippen molar-refractivity contribution in [2.45, 2.75) is 12.3 Å². The molecule has 63 heavy (non-hydrogen) atoms. The normalized spacial score (nSPS) is 11.5.